The highest BCUT2D eigenvalue weighted by molar-refractivity contribution is 5.80. The second-order valence-electron chi connectivity index (χ2n) is 7.60. The lowest BCUT2D eigenvalue weighted by molar-refractivity contribution is -0.119. The van der Waals surface area contributed by atoms with Gasteiger partial charge in [0.1, 0.15) is 11.5 Å². The SMILES string of the molecule is CC(=O)NC(C)c1ccc2nc(Oc3ccc(OC(C)C)c(C)c3C)ccc2c1. The van der Waals surface area contributed by atoms with Crippen LogP contribution in [0.5, 0.6) is 17.4 Å². The minimum atomic E-state index is -0.0509. The summed E-state index contributed by atoms with van der Waals surface area (Å²) in [4.78, 5) is 15.9. The van der Waals surface area contributed by atoms with Crippen LogP contribution in [0.15, 0.2) is 42.5 Å². The highest BCUT2D eigenvalue weighted by atomic mass is 16.5. The summed E-state index contributed by atoms with van der Waals surface area (Å²) in [5, 5.41) is 3.90. The third-order valence-electron chi connectivity index (χ3n) is 4.87. The summed E-state index contributed by atoms with van der Waals surface area (Å²) in [7, 11) is 0. The number of hydrogen-bond acceptors (Lipinski definition) is 4. The average molecular weight is 392 g/mol. The van der Waals surface area contributed by atoms with Gasteiger partial charge in [0.05, 0.1) is 17.7 Å². The molecule has 5 heteroatoms. The van der Waals surface area contributed by atoms with Gasteiger partial charge in [-0.05, 0) is 81.6 Å². The van der Waals surface area contributed by atoms with Crippen LogP contribution >= 0.6 is 0 Å². The van der Waals surface area contributed by atoms with Gasteiger partial charge in [-0.15, -0.1) is 0 Å². The number of aromatic nitrogens is 1. The quantitative estimate of drug-likeness (QED) is 0.591. The lowest BCUT2D eigenvalue weighted by atomic mass is 10.1. The van der Waals surface area contributed by atoms with Crippen LogP contribution < -0.4 is 14.8 Å². The Morgan fingerprint density at radius 3 is 2.34 bits per heavy atom. The van der Waals surface area contributed by atoms with E-state index in [9.17, 15) is 4.79 Å². The number of fused-ring (bicyclic) bond motifs is 1. The van der Waals surface area contributed by atoms with Crippen molar-refractivity contribution in [1.29, 1.82) is 0 Å². The molecule has 1 N–H and O–H groups in total. The molecule has 3 aromatic rings. The Kier molecular flexibility index (Phi) is 6.06. The normalized spacial score (nSPS) is 12.1. The van der Waals surface area contributed by atoms with E-state index in [1.165, 1.54) is 6.92 Å². The molecule has 5 nitrogen and oxygen atoms in total. The van der Waals surface area contributed by atoms with E-state index in [0.717, 1.165) is 39.1 Å². The van der Waals surface area contributed by atoms with Crippen molar-refractivity contribution in [2.45, 2.75) is 53.7 Å². The van der Waals surface area contributed by atoms with E-state index in [2.05, 4.69) is 10.3 Å². The maximum Gasteiger partial charge on any atom is 0.219 e. The van der Waals surface area contributed by atoms with Crippen LogP contribution in [-0.4, -0.2) is 17.0 Å². The smallest absolute Gasteiger partial charge is 0.219 e. The summed E-state index contributed by atoms with van der Waals surface area (Å²) < 4.78 is 11.9. The molecular weight excluding hydrogens is 364 g/mol. The molecule has 1 unspecified atom stereocenters. The molecule has 29 heavy (non-hydrogen) atoms. The van der Waals surface area contributed by atoms with Crippen molar-refractivity contribution in [2.24, 2.45) is 0 Å². The van der Waals surface area contributed by atoms with Crippen LogP contribution in [0.3, 0.4) is 0 Å². The molecule has 0 bridgehead atoms. The summed E-state index contributed by atoms with van der Waals surface area (Å²) in [5.41, 5.74) is 3.98. The summed E-state index contributed by atoms with van der Waals surface area (Å²) in [6.07, 6.45) is 0.125. The molecule has 0 radical (unpaired) electrons. The summed E-state index contributed by atoms with van der Waals surface area (Å²) in [5.74, 6) is 2.13. The Labute approximate surface area is 172 Å². The first kappa shape index (κ1) is 20.6. The average Bonchev–Trinajstić information content (AvgIpc) is 2.66. The number of nitrogens with zero attached hydrogens (tertiary/aromatic N) is 1. The fraction of sp³-hybridized carbons (Fsp3) is 0.333. The van der Waals surface area contributed by atoms with Gasteiger partial charge >= 0.3 is 0 Å². The maximum absolute atomic E-state index is 11.3. The third kappa shape index (κ3) is 4.86. The topological polar surface area (TPSA) is 60.5 Å². The van der Waals surface area contributed by atoms with E-state index in [1.54, 1.807) is 0 Å². The van der Waals surface area contributed by atoms with Gasteiger partial charge in [0.15, 0.2) is 0 Å². The van der Waals surface area contributed by atoms with E-state index in [4.69, 9.17) is 9.47 Å². The number of carbonyl (C=O) groups excluding carboxylic acids is 1. The number of hydrogen-bond donors (Lipinski definition) is 1. The predicted molar refractivity (Wildman–Crippen MR) is 116 cm³/mol. The third-order valence-corrected chi connectivity index (χ3v) is 4.87. The van der Waals surface area contributed by atoms with Crippen molar-refractivity contribution in [3.05, 3.63) is 59.2 Å². The molecule has 0 fully saturated rings. The second kappa shape index (κ2) is 8.52. The lowest BCUT2D eigenvalue weighted by Gasteiger charge is -2.17. The molecule has 0 saturated heterocycles. The minimum Gasteiger partial charge on any atom is -0.491 e. The number of benzene rings is 2. The Balaban J connectivity index is 1.84. The number of pyridine rings is 1. The van der Waals surface area contributed by atoms with Crippen LogP contribution in [0.2, 0.25) is 0 Å². The Hall–Kier alpha value is -3.08. The number of rotatable bonds is 6. The van der Waals surface area contributed by atoms with Crippen molar-refractivity contribution in [3.63, 3.8) is 0 Å². The standard InChI is InChI=1S/C24H28N2O3/c1-14(2)28-22-10-11-23(16(4)15(22)3)29-24-12-8-20-13-19(7-9-21(20)26-24)17(5)25-18(6)27/h7-14,17H,1-6H3,(H,25,27). The fourth-order valence-corrected chi connectivity index (χ4v) is 3.22. The number of amides is 1. The highest BCUT2D eigenvalue weighted by Gasteiger charge is 2.12. The Bertz CT molecular complexity index is 1040. The number of nitrogens with one attached hydrogen (secondary N) is 1. The van der Waals surface area contributed by atoms with Gasteiger partial charge in [-0.1, -0.05) is 6.07 Å². The fourth-order valence-electron chi connectivity index (χ4n) is 3.22. The lowest BCUT2D eigenvalue weighted by Crippen LogP contribution is -2.23. The van der Waals surface area contributed by atoms with Crippen molar-refractivity contribution < 1.29 is 14.3 Å². The van der Waals surface area contributed by atoms with Gasteiger partial charge in [-0.25, -0.2) is 4.98 Å². The van der Waals surface area contributed by atoms with Crippen LogP contribution in [-0.2, 0) is 4.79 Å². The molecule has 152 valence electrons. The van der Waals surface area contributed by atoms with Gasteiger partial charge in [0.25, 0.3) is 0 Å². The molecule has 0 aliphatic rings. The molecule has 1 amide bonds. The molecule has 3 rings (SSSR count). The first-order valence-corrected chi connectivity index (χ1v) is 9.87. The molecule has 1 heterocycles. The van der Waals surface area contributed by atoms with Crippen LogP contribution in [0.4, 0.5) is 0 Å². The summed E-state index contributed by atoms with van der Waals surface area (Å²) in [6, 6.07) is 13.6. The van der Waals surface area contributed by atoms with Gasteiger partial charge < -0.3 is 14.8 Å². The highest BCUT2D eigenvalue weighted by Crippen LogP contribution is 2.33. The van der Waals surface area contributed by atoms with Crippen molar-refractivity contribution in [2.75, 3.05) is 0 Å². The van der Waals surface area contributed by atoms with Crippen LogP contribution in [0, 0.1) is 13.8 Å². The Morgan fingerprint density at radius 2 is 1.66 bits per heavy atom. The number of ether oxygens (including phenoxy) is 2. The number of carbonyl (C=O) groups is 1. The van der Waals surface area contributed by atoms with Crippen molar-refractivity contribution in [1.82, 2.24) is 10.3 Å². The molecule has 1 atom stereocenters. The zero-order chi connectivity index (χ0) is 21.1. The monoisotopic (exact) mass is 392 g/mol. The maximum atomic E-state index is 11.3. The molecule has 0 aliphatic carbocycles. The summed E-state index contributed by atoms with van der Waals surface area (Å²) >= 11 is 0. The van der Waals surface area contributed by atoms with Gasteiger partial charge in [0.2, 0.25) is 11.8 Å². The molecule has 2 aromatic carbocycles. The zero-order valence-electron chi connectivity index (χ0n) is 17.9. The van der Waals surface area contributed by atoms with Crippen LogP contribution in [0.25, 0.3) is 10.9 Å². The van der Waals surface area contributed by atoms with Gasteiger partial charge in [0, 0.05) is 18.4 Å². The predicted octanol–water partition coefficient (Wildman–Crippen LogP) is 5.63. The Morgan fingerprint density at radius 1 is 0.966 bits per heavy atom. The van der Waals surface area contributed by atoms with Crippen molar-refractivity contribution in [3.8, 4) is 17.4 Å². The molecule has 0 spiro atoms. The van der Waals surface area contributed by atoms with Crippen LogP contribution in [0.1, 0.15) is 50.4 Å². The molecule has 1 aromatic heterocycles. The van der Waals surface area contributed by atoms with Gasteiger partial charge in [-0.2, -0.15) is 0 Å². The van der Waals surface area contributed by atoms with E-state index in [1.807, 2.05) is 77.1 Å². The van der Waals surface area contributed by atoms with E-state index in [0.29, 0.717) is 5.88 Å². The minimum absolute atomic E-state index is 0.0463. The van der Waals surface area contributed by atoms with E-state index >= 15 is 0 Å². The van der Waals surface area contributed by atoms with Crippen molar-refractivity contribution >= 4 is 16.8 Å². The second-order valence-corrected chi connectivity index (χ2v) is 7.60. The zero-order valence-corrected chi connectivity index (χ0v) is 17.9. The summed E-state index contributed by atoms with van der Waals surface area (Å²) in [6.45, 7) is 11.6. The largest absolute Gasteiger partial charge is 0.491 e. The van der Waals surface area contributed by atoms with Gasteiger partial charge in [-0.3, -0.25) is 4.79 Å². The first-order valence-electron chi connectivity index (χ1n) is 9.87. The molecule has 0 saturated carbocycles. The van der Waals surface area contributed by atoms with E-state index < -0.39 is 0 Å². The molecular formula is C24H28N2O3. The van der Waals surface area contributed by atoms with E-state index in [-0.39, 0.29) is 18.1 Å². The molecule has 0 aliphatic heterocycles. The first-order chi connectivity index (χ1) is 13.7.